The second-order valence-electron chi connectivity index (χ2n) is 2.71. The molecule has 0 aliphatic rings. The molecule has 0 aliphatic heterocycles. The topological polar surface area (TPSA) is 29.1 Å². The van der Waals surface area contributed by atoms with E-state index in [1.165, 1.54) is 6.92 Å². The fourth-order valence-electron chi connectivity index (χ4n) is 1.07. The maximum Gasteiger partial charge on any atom is 0.218 e. The molecule has 0 saturated carbocycles. The van der Waals surface area contributed by atoms with Gasteiger partial charge in [-0.2, -0.15) is 0 Å². The molecule has 2 nitrogen and oxygen atoms in total. The molecule has 1 N–H and O–H groups in total. The van der Waals surface area contributed by atoms with Gasteiger partial charge in [0.2, 0.25) is 5.91 Å². The van der Waals surface area contributed by atoms with Crippen LogP contribution in [0.4, 0.5) is 0 Å². The smallest absolute Gasteiger partial charge is 0.218 e. The van der Waals surface area contributed by atoms with E-state index >= 15 is 0 Å². The van der Waals surface area contributed by atoms with Gasteiger partial charge in [-0.3, -0.25) is 4.79 Å². The summed E-state index contributed by atoms with van der Waals surface area (Å²) in [6.45, 7) is 1.45. The quantitative estimate of drug-likeness (QED) is 0.674. The van der Waals surface area contributed by atoms with E-state index in [-0.39, 0.29) is 11.9 Å². The second kappa shape index (κ2) is 4.32. The molecule has 0 heterocycles. The van der Waals surface area contributed by atoms with Crippen molar-refractivity contribution in [1.29, 1.82) is 0 Å². The summed E-state index contributed by atoms with van der Waals surface area (Å²) in [5.74, 6) is 2.40. The third kappa shape index (κ3) is 2.64. The first-order valence-corrected chi connectivity index (χ1v) is 4.02. The second-order valence-corrected chi connectivity index (χ2v) is 2.71. The first-order valence-electron chi connectivity index (χ1n) is 4.02. The predicted octanol–water partition coefficient (Wildman–Crippen LogP) is 1.50. The Labute approximate surface area is 78.0 Å². The molecule has 1 amide bonds. The summed E-state index contributed by atoms with van der Waals surface area (Å²) in [6, 6.07) is 9.15. The molecule has 1 aromatic carbocycles. The van der Waals surface area contributed by atoms with Crippen LogP contribution in [0.2, 0.25) is 0 Å². The molecule has 13 heavy (non-hydrogen) atoms. The molecule has 1 rings (SSSR count). The number of amides is 1. The zero-order valence-corrected chi connectivity index (χ0v) is 7.45. The number of carbonyl (C=O) groups excluding carboxylic acids is 1. The van der Waals surface area contributed by atoms with Crippen LogP contribution in [0.5, 0.6) is 0 Å². The monoisotopic (exact) mass is 173 g/mol. The molecule has 1 atom stereocenters. The summed E-state index contributed by atoms with van der Waals surface area (Å²) in [5, 5.41) is 2.67. The number of terminal acetylenes is 1. The number of hydrogen-bond acceptors (Lipinski definition) is 1. The van der Waals surface area contributed by atoms with Gasteiger partial charge < -0.3 is 5.32 Å². The Morgan fingerprint density at radius 2 is 2.08 bits per heavy atom. The zero-order chi connectivity index (χ0) is 9.68. The average Bonchev–Trinajstić information content (AvgIpc) is 2.15. The van der Waals surface area contributed by atoms with Gasteiger partial charge in [0.25, 0.3) is 0 Å². The molecule has 66 valence electrons. The molecule has 0 bridgehead atoms. The fraction of sp³-hybridized carbons (Fsp3) is 0.182. The molecular weight excluding hydrogens is 162 g/mol. The molecule has 1 unspecified atom stereocenters. The Morgan fingerprint density at radius 1 is 1.46 bits per heavy atom. The SMILES string of the molecule is C#CC(NC(C)=O)c1ccccc1. The van der Waals surface area contributed by atoms with Crippen molar-refractivity contribution < 1.29 is 4.79 Å². The average molecular weight is 173 g/mol. The number of hydrogen-bond donors (Lipinski definition) is 1. The Kier molecular flexibility index (Phi) is 3.10. The summed E-state index contributed by atoms with van der Waals surface area (Å²) in [6.07, 6.45) is 5.29. The van der Waals surface area contributed by atoms with E-state index in [0.717, 1.165) is 5.56 Å². The van der Waals surface area contributed by atoms with Crippen molar-refractivity contribution in [3.05, 3.63) is 35.9 Å². The normalized spacial score (nSPS) is 11.4. The molecular formula is C11H11NO. The lowest BCUT2D eigenvalue weighted by Crippen LogP contribution is -2.24. The van der Waals surface area contributed by atoms with Crippen molar-refractivity contribution in [2.45, 2.75) is 13.0 Å². The summed E-state index contributed by atoms with van der Waals surface area (Å²) < 4.78 is 0. The first kappa shape index (κ1) is 9.34. The van der Waals surface area contributed by atoms with Gasteiger partial charge in [-0.1, -0.05) is 36.3 Å². The molecule has 2 heteroatoms. The molecule has 0 spiro atoms. The van der Waals surface area contributed by atoms with E-state index in [0.29, 0.717) is 0 Å². The van der Waals surface area contributed by atoms with E-state index in [9.17, 15) is 4.79 Å². The van der Waals surface area contributed by atoms with Gasteiger partial charge in [-0.25, -0.2) is 0 Å². The Hall–Kier alpha value is -1.75. The maximum atomic E-state index is 10.8. The van der Waals surface area contributed by atoms with Gasteiger partial charge in [0.15, 0.2) is 0 Å². The summed E-state index contributed by atoms with van der Waals surface area (Å²) in [4.78, 5) is 10.8. The van der Waals surface area contributed by atoms with Crippen molar-refractivity contribution in [3.8, 4) is 12.3 Å². The van der Waals surface area contributed by atoms with E-state index in [1.54, 1.807) is 0 Å². The number of benzene rings is 1. The van der Waals surface area contributed by atoms with Crippen molar-refractivity contribution >= 4 is 5.91 Å². The van der Waals surface area contributed by atoms with Gasteiger partial charge in [0, 0.05) is 6.92 Å². The highest BCUT2D eigenvalue weighted by Gasteiger charge is 2.07. The minimum atomic E-state index is -0.321. The summed E-state index contributed by atoms with van der Waals surface area (Å²) in [5.41, 5.74) is 0.931. The van der Waals surface area contributed by atoms with Crippen LogP contribution in [0, 0.1) is 12.3 Å². The lowest BCUT2D eigenvalue weighted by molar-refractivity contribution is -0.119. The highest BCUT2D eigenvalue weighted by atomic mass is 16.1. The highest BCUT2D eigenvalue weighted by molar-refractivity contribution is 5.74. The molecule has 1 aromatic rings. The highest BCUT2D eigenvalue weighted by Crippen LogP contribution is 2.10. The lowest BCUT2D eigenvalue weighted by atomic mass is 10.1. The lowest BCUT2D eigenvalue weighted by Gasteiger charge is -2.11. The predicted molar refractivity (Wildman–Crippen MR) is 51.8 cm³/mol. The van der Waals surface area contributed by atoms with Gasteiger partial charge in [-0.05, 0) is 5.56 Å². The Balaban J connectivity index is 2.80. The van der Waals surface area contributed by atoms with Crippen molar-refractivity contribution in [3.63, 3.8) is 0 Å². The fourth-order valence-corrected chi connectivity index (χ4v) is 1.07. The van der Waals surface area contributed by atoms with E-state index in [4.69, 9.17) is 6.42 Å². The van der Waals surface area contributed by atoms with Crippen molar-refractivity contribution in [1.82, 2.24) is 5.32 Å². The summed E-state index contributed by atoms with van der Waals surface area (Å²) >= 11 is 0. The van der Waals surface area contributed by atoms with Crippen LogP contribution in [0.3, 0.4) is 0 Å². The van der Waals surface area contributed by atoms with Gasteiger partial charge >= 0.3 is 0 Å². The summed E-state index contributed by atoms with van der Waals surface area (Å²) in [7, 11) is 0. The number of nitrogens with one attached hydrogen (secondary N) is 1. The van der Waals surface area contributed by atoms with Crippen molar-refractivity contribution in [2.24, 2.45) is 0 Å². The van der Waals surface area contributed by atoms with Gasteiger partial charge in [-0.15, -0.1) is 6.42 Å². The molecule has 0 fully saturated rings. The van der Waals surface area contributed by atoms with E-state index in [2.05, 4.69) is 11.2 Å². The Bertz CT molecular complexity index is 324. The van der Waals surface area contributed by atoms with Crippen LogP contribution in [0.15, 0.2) is 30.3 Å². The number of rotatable bonds is 2. The molecule has 0 aliphatic carbocycles. The van der Waals surface area contributed by atoms with Crippen LogP contribution in [-0.2, 0) is 4.79 Å². The standard InChI is InChI=1S/C11H11NO/c1-3-11(12-9(2)13)10-7-5-4-6-8-10/h1,4-8,11H,2H3,(H,12,13). The third-order valence-electron chi connectivity index (χ3n) is 1.65. The first-order chi connectivity index (χ1) is 6.24. The molecule has 0 saturated heterocycles. The van der Waals surface area contributed by atoms with Crippen LogP contribution in [0.1, 0.15) is 18.5 Å². The molecule has 0 aromatic heterocycles. The van der Waals surface area contributed by atoms with E-state index in [1.807, 2.05) is 30.3 Å². The number of carbonyl (C=O) groups is 1. The van der Waals surface area contributed by atoms with Crippen LogP contribution in [0.25, 0.3) is 0 Å². The van der Waals surface area contributed by atoms with Crippen LogP contribution in [-0.4, -0.2) is 5.91 Å². The zero-order valence-electron chi connectivity index (χ0n) is 7.45. The minimum absolute atomic E-state index is 0.119. The third-order valence-corrected chi connectivity index (χ3v) is 1.65. The van der Waals surface area contributed by atoms with E-state index < -0.39 is 0 Å². The minimum Gasteiger partial charge on any atom is -0.339 e. The van der Waals surface area contributed by atoms with Crippen LogP contribution >= 0.6 is 0 Å². The maximum absolute atomic E-state index is 10.8. The van der Waals surface area contributed by atoms with Gasteiger partial charge in [0.05, 0.1) is 0 Å². The largest absolute Gasteiger partial charge is 0.339 e. The van der Waals surface area contributed by atoms with Crippen LogP contribution < -0.4 is 5.32 Å². The molecule has 0 radical (unpaired) electrons. The Morgan fingerprint density at radius 3 is 2.54 bits per heavy atom. The van der Waals surface area contributed by atoms with Crippen molar-refractivity contribution in [2.75, 3.05) is 0 Å². The van der Waals surface area contributed by atoms with Gasteiger partial charge in [0.1, 0.15) is 6.04 Å².